The third-order valence-electron chi connectivity index (χ3n) is 5.06. The summed E-state index contributed by atoms with van der Waals surface area (Å²) in [5.74, 6) is 0.0311. The Morgan fingerprint density at radius 1 is 0.781 bits per heavy atom. The molecule has 0 atom stereocenters. The van der Waals surface area contributed by atoms with Crippen molar-refractivity contribution < 1.29 is 23.9 Å². The lowest BCUT2D eigenvalue weighted by Gasteiger charge is -2.18. The molecule has 7 nitrogen and oxygen atoms in total. The van der Waals surface area contributed by atoms with Crippen LogP contribution in [-0.4, -0.2) is 36.8 Å². The number of benzene rings is 3. The average Bonchev–Trinajstić information content (AvgIpc) is 2.81. The molecular weight excluding hydrogens is 428 g/mol. The number of nitrogens with one attached hydrogen (secondary N) is 2. The van der Waals surface area contributed by atoms with Gasteiger partial charge >= 0.3 is 0 Å². The Labute approximate surface area is 189 Å². The lowest BCUT2D eigenvalue weighted by Crippen LogP contribution is -2.34. The molecule has 0 aliphatic heterocycles. The van der Waals surface area contributed by atoms with Crippen LogP contribution >= 0.6 is 12.2 Å². The van der Waals surface area contributed by atoms with Crippen LogP contribution in [0, 0.1) is 0 Å². The van der Waals surface area contributed by atoms with Crippen LogP contribution in [-0.2, 0) is 0 Å². The molecule has 0 saturated carbocycles. The molecule has 0 bridgehead atoms. The zero-order valence-electron chi connectivity index (χ0n) is 17.2. The summed E-state index contributed by atoms with van der Waals surface area (Å²) >= 11 is 5.24. The summed E-state index contributed by atoms with van der Waals surface area (Å²) in [6.45, 7) is 0. The monoisotopic (exact) mass is 446 g/mol. The standard InChI is InChI=1S/C24H18N2O5S/c1-30-19-10-7-13(11-20(19)31-2)23(29)26-24(32)25-14-8-9-17-18(12-14)22(28)16-6-4-3-5-15(16)21(17)27/h3-12H,1-2H3,(H2,25,26,29,32). The van der Waals surface area contributed by atoms with Crippen molar-refractivity contribution in [1.82, 2.24) is 5.32 Å². The first-order valence-electron chi connectivity index (χ1n) is 9.59. The van der Waals surface area contributed by atoms with Gasteiger partial charge in [0.2, 0.25) is 0 Å². The van der Waals surface area contributed by atoms with E-state index in [1.165, 1.54) is 20.3 Å². The summed E-state index contributed by atoms with van der Waals surface area (Å²) < 4.78 is 10.4. The number of methoxy groups -OCH3 is 2. The maximum atomic E-state index is 12.9. The third kappa shape index (κ3) is 3.83. The number of carbonyl (C=O) groups excluding carboxylic acids is 3. The molecule has 160 valence electrons. The minimum Gasteiger partial charge on any atom is -0.493 e. The molecule has 0 aromatic heterocycles. The SMILES string of the molecule is COc1ccc(C(=O)NC(=S)Nc2ccc3c(c2)C(=O)c2ccccc2C3=O)cc1OC. The highest BCUT2D eigenvalue weighted by molar-refractivity contribution is 7.80. The molecule has 1 amide bonds. The normalized spacial score (nSPS) is 11.8. The number of ether oxygens (including phenoxy) is 2. The molecule has 8 heteroatoms. The predicted octanol–water partition coefficient (Wildman–Crippen LogP) is 3.61. The first kappa shape index (κ1) is 21.2. The molecule has 0 saturated heterocycles. The summed E-state index contributed by atoms with van der Waals surface area (Å²) in [5.41, 5.74) is 2.18. The summed E-state index contributed by atoms with van der Waals surface area (Å²) in [6.07, 6.45) is 0. The fourth-order valence-electron chi connectivity index (χ4n) is 3.49. The molecule has 0 heterocycles. The van der Waals surface area contributed by atoms with Gasteiger partial charge in [0.05, 0.1) is 14.2 Å². The van der Waals surface area contributed by atoms with Crippen molar-refractivity contribution in [3.8, 4) is 11.5 Å². The van der Waals surface area contributed by atoms with E-state index in [-0.39, 0.29) is 22.2 Å². The van der Waals surface area contributed by atoms with Crippen molar-refractivity contribution in [2.45, 2.75) is 0 Å². The van der Waals surface area contributed by atoms with Gasteiger partial charge < -0.3 is 14.8 Å². The second-order valence-electron chi connectivity index (χ2n) is 6.94. The van der Waals surface area contributed by atoms with Gasteiger partial charge in [-0.05, 0) is 48.6 Å². The molecule has 0 radical (unpaired) electrons. The number of hydrogen-bond acceptors (Lipinski definition) is 6. The lowest BCUT2D eigenvalue weighted by atomic mass is 9.84. The second kappa shape index (κ2) is 8.60. The smallest absolute Gasteiger partial charge is 0.257 e. The van der Waals surface area contributed by atoms with E-state index in [4.69, 9.17) is 21.7 Å². The van der Waals surface area contributed by atoms with E-state index in [9.17, 15) is 14.4 Å². The first-order valence-corrected chi connectivity index (χ1v) is 10.0. The Hall–Kier alpha value is -4.04. The Morgan fingerprint density at radius 3 is 2.06 bits per heavy atom. The van der Waals surface area contributed by atoms with Gasteiger partial charge in [0, 0.05) is 33.5 Å². The summed E-state index contributed by atoms with van der Waals surface area (Å²) in [4.78, 5) is 38.1. The highest BCUT2D eigenvalue weighted by Crippen LogP contribution is 2.29. The van der Waals surface area contributed by atoms with Gasteiger partial charge in [0.1, 0.15) is 0 Å². The van der Waals surface area contributed by atoms with Gasteiger partial charge in [0.15, 0.2) is 28.2 Å². The number of anilines is 1. The van der Waals surface area contributed by atoms with Crippen LogP contribution in [0.4, 0.5) is 5.69 Å². The van der Waals surface area contributed by atoms with Crippen molar-refractivity contribution in [2.75, 3.05) is 19.5 Å². The zero-order valence-corrected chi connectivity index (χ0v) is 18.0. The van der Waals surface area contributed by atoms with Crippen LogP contribution in [0.5, 0.6) is 11.5 Å². The molecule has 0 fully saturated rings. The van der Waals surface area contributed by atoms with Gasteiger partial charge in [-0.3, -0.25) is 19.7 Å². The zero-order chi connectivity index (χ0) is 22.8. The maximum Gasteiger partial charge on any atom is 0.257 e. The minimum atomic E-state index is -0.443. The van der Waals surface area contributed by atoms with Crippen molar-refractivity contribution in [3.63, 3.8) is 0 Å². The molecule has 0 spiro atoms. The van der Waals surface area contributed by atoms with Crippen molar-refractivity contribution in [2.24, 2.45) is 0 Å². The molecule has 1 aliphatic carbocycles. The highest BCUT2D eigenvalue weighted by Gasteiger charge is 2.29. The second-order valence-corrected chi connectivity index (χ2v) is 7.35. The predicted molar refractivity (Wildman–Crippen MR) is 123 cm³/mol. The van der Waals surface area contributed by atoms with E-state index in [1.54, 1.807) is 54.6 Å². The van der Waals surface area contributed by atoms with Crippen LogP contribution in [0.3, 0.4) is 0 Å². The Kier molecular flexibility index (Phi) is 5.70. The lowest BCUT2D eigenvalue weighted by molar-refractivity contribution is 0.0976. The van der Waals surface area contributed by atoms with Gasteiger partial charge in [0.25, 0.3) is 5.91 Å². The van der Waals surface area contributed by atoms with Crippen LogP contribution in [0.25, 0.3) is 0 Å². The molecule has 0 unspecified atom stereocenters. The van der Waals surface area contributed by atoms with Gasteiger partial charge in [-0.25, -0.2) is 0 Å². The number of fused-ring (bicyclic) bond motifs is 2. The highest BCUT2D eigenvalue weighted by atomic mass is 32.1. The van der Waals surface area contributed by atoms with Gasteiger partial charge in [-0.1, -0.05) is 24.3 Å². The van der Waals surface area contributed by atoms with Crippen molar-refractivity contribution >= 4 is 40.5 Å². The number of ketones is 2. The molecule has 1 aliphatic rings. The topological polar surface area (TPSA) is 93.7 Å². The van der Waals surface area contributed by atoms with Crippen molar-refractivity contribution in [3.05, 3.63) is 88.5 Å². The maximum absolute atomic E-state index is 12.9. The summed E-state index contributed by atoms with van der Waals surface area (Å²) in [5, 5.41) is 5.51. The third-order valence-corrected chi connectivity index (χ3v) is 5.26. The fourth-order valence-corrected chi connectivity index (χ4v) is 3.70. The van der Waals surface area contributed by atoms with E-state index in [1.807, 2.05) is 0 Å². The van der Waals surface area contributed by atoms with Crippen LogP contribution in [0.15, 0.2) is 60.7 Å². The first-order chi connectivity index (χ1) is 15.4. The Morgan fingerprint density at radius 2 is 1.41 bits per heavy atom. The largest absolute Gasteiger partial charge is 0.493 e. The summed E-state index contributed by atoms with van der Waals surface area (Å²) in [6, 6.07) is 16.2. The molecule has 32 heavy (non-hydrogen) atoms. The van der Waals surface area contributed by atoms with E-state index < -0.39 is 5.91 Å². The number of carbonyl (C=O) groups is 3. The van der Waals surface area contributed by atoms with Gasteiger partial charge in [-0.15, -0.1) is 0 Å². The molecule has 2 N–H and O–H groups in total. The van der Waals surface area contributed by atoms with E-state index in [0.717, 1.165) is 0 Å². The fraction of sp³-hybridized carbons (Fsp3) is 0.0833. The van der Waals surface area contributed by atoms with E-state index >= 15 is 0 Å². The Balaban J connectivity index is 1.51. The van der Waals surface area contributed by atoms with E-state index in [2.05, 4.69) is 10.6 Å². The Bertz CT molecular complexity index is 1290. The van der Waals surface area contributed by atoms with Crippen LogP contribution in [0.2, 0.25) is 0 Å². The number of hydrogen-bond donors (Lipinski definition) is 2. The molecular formula is C24H18N2O5S. The van der Waals surface area contributed by atoms with Gasteiger partial charge in [-0.2, -0.15) is 0 Å². The van der Waals surface area contributed by atoms with Crippen molar-refractivity contribution in [1.29, 1.82) is 0 Å². The number of rotatable bonds is 4. The molecule has 3 aromatic rings. The molecule has 4 rings (SSSR count). The quantitative estimate of drug-likeness (QED) is 0.463. The summed E-state index contributed by atoms with van der Waals surface area (Å²) in [7, 11) is 2.98. The minimum absolute atomic E-state index is 0.0414. The molecule has 3 aromatic carbocycles. The van der Waals surface area contributed by atoms with Crippen LogP contribution < -0.4 is 20.1 Å². The number of amides is 1. The average molecular weight is 446 g/mol. The number of thiocarbonyl (C=S) groups is 1. The van der Waals surface area contributed by atoms with E-state index in [0.29, 0.717) is 39.4 Å². The van der Waals surface area contributed by atoms with Crippen LogP contribution in [0.1, 0.15) is 42.2 Å².